The lowest BCUT2D eigenvalue weighted by Gasteiger charge is -2.20. The Morgan fingerprint density at radius 2 is 1.00 bits per heavy atom. The molecular weight excluding hydrogens is 644 g/mol. The number of hydrogen-bond donors (Lipinski definition) is 0. The summed E-state index contributed by atoms with van der Waals surface area (Å²) in [6, 6.07) is 17.4. The average molecular weight is 677 g/mol. The zero-order valence-electron chi connectivity index (χ0n) is 27.2. The number of nitrogens with zero attached hydrogens (tertiary/aromatic N) is 2. The van der Waals surface area contributed by atoms with Crippen molar-refractivity contribution in [1.29, 1.82) is 0 Å². The number of nitro benzene ring substituents is 2. The number of allylic oxidation sites excluding steroid dienone is 2. The van der Waals surface area contributed by atoms with Gasteiger partial charge >= 0.3 is 0 Å². The summed E-state index contributed by atoms with van der Waals surface area (Å²) in [6.07, 6.45) is 8.95. The third kappa shape index (κ3) is 8.75. The molecule has 0 amide bonds. The third-order valence-electron chi connectivity index (χ3n) is 7.16. The van der Waals surface area contributed by atoms with Crippen molar-refractivity contribution in [3.63, 3.8) is 0 Å². The van der Waals surface area contributed by atoms with Crippen LogP contribution < -0.4 is 18.9 Å². The molecule has 0 N–H and O–H groups in total. The van der Waals surface area contributed by atoms with Crippen LogP contribution in [-0.2, 0) is 0 Å². The molecule has 12 nitrogen and oxygen atoms in total. The van der Waals surface area contributed by atoms with Gasteiger partial charge in [0, 0.05) is 46.5 Å². The minimum Gasteiger partial charge on any atom is -0.493 e. The molecule has 0 bridgehead atoms. The number of benzene rings is 4. The molecule has 0 saturated heterocycles. The van der Waals surface area contributed by atoms with Crippen molar-refractivity contribution >= 4 is 35.1 Å². The molecule has 0 fully saturated rings. The van der Waals surface area contributed by atoms with E-state index in [9.17, 15) is 29.8 Å². The molecule has 0 aliphatic carbocycles. The third-order valence-corrected chi connectivity index (χ3v) is 7.16. The molecule has 50 heavy (non-hydrogen) atoms. The van der Waals surface area contributed by atoms with Crippen molar-refractivity contribution in [3.8, 4) is 34.1 Å². The SMILES string of the molecule is C=CCOc1c(OC)cc(/C=C/C(=O)c2ccc([N+](=O)[O-])cc2)cc1-c1cc(/C=C/C(=O)c2ccc([N+](=O)[O-])cc2)cc(OC)c1OCC=C. The Balaban J connectivity index is 1.84. The minimum atomic E-state index is -0.544. The van der Waals surface area contributed by atoms with E-state index >= 15 is 0 Å². The Bertz CT molecular complexity index is 1850. The second-order valence-corrected chi connectivity index (χ2v) is 10.4. The van der Waals surface area contributed by atoms with E-state index in [1.54, 1.807) is 48.6 Å². The lowest BCUT2D eigenvalue weighted by atomic mass is 9.96. The van der Waals surface area contributed by atoms with Crippen molar-refractivity contribution in [1.82, 2.24) is 0 Å². The zero-order valence-corrected chi connectivity index (χ0v) is 27.2. The maximum absolute atomic E-state index is 13.0. The Labute approximate surface area is 287 Å². The monoisotopic (exact) mass is 676 g/mol. The van der Waals surface area contributed by atoms with Gasteiger partial charge in [0.2, 0.25) is 0 Å². The van der Waals surface area contributed by atoms with Crippen molar-refractivity contribution < 1.29 is 38.4 Å². The highest BCUT2D eigenvalue weighted by atomic mass is 16.6. The molecule has 4 aromatic carbocycles. The first-order valence-electron chi connectivity index (χ1n) is 15.0. The van der Waals surface area contributed by atoms with Crippen LogP contribution in [0.5, 0.6) is 23.0 Å². The maximum atomic E-state index is 13.0. The van der Waals surface area contributed by atoms with Crippen molar-refractivity contribution in [2.45, 2.75) is 0 Å². The molecule has 4 rings (SSSR count). The summed E-state index contributed by atoms with van der Waals surface area (Å²) in [4.78, 5) is 46.9. The molecular formula is C38H32N2O10. The van der Waals surface area contributed by atoms with Crippen molar-refractivity contribution in [2.24, 2.45) is 0 Å². The van der Waals surface area contributed by atoms with Crippen LogP contribution in [0.25, 0.3) is 23.3 Å². The molecule has 0 aromatic heterocycles. The number of carbonyl (C=O) groups is 2. The summed E-state index contributed by atoms with van der Waals surface area (Å²) in [5.74, 6) is 0.562. The molecule has 0 aliphatic heterocycles. The first-order chi connectivity index (χ1) is 24.1. The quantitative estimate of drug-likeness (QED) is 0.0352. The Morgan fingerprint density at radius 1 is 0.640 bits per heavy atom. The van der Waals surface area contributed by atoms with E-state index in [4.69, 9.17) is 18.9 Å². The number of non-ortho nitro benzene ring substituents is 2. The van der Waals surface area contributed by atoms with Gasteiger partial charge in [0.1, 0.15) is 13.2 Å². The number of rotatable bonds is 17. The summed E-state index contributed by atoms with van der Waals surface area (Å²) >= 11 is 0. The molecule has 0 atom stereocenters. The van der Waals surface area contributed by atoms with Gasteiger partial charge in [-0.1, -0.05) is 37.5 Å². The van der Waals surface area contributed by atoms with E-state index in [1.807, 2.05) is 0 Å². The summed E-state index contributed by atoms with van der Waals surface area (Å²) < 4.78 is 23.5. The molecule has 4 aromatic rings. The van der Waals surface area contributed by atoms with Gasteiger partial charge in [0.15, 0.2) is 34.6 Å². The summed E-state index contributed by atoms with van der Waals surface area (Å²) in [7, 11) is 2.93. The van der Waals surface area contributed by atoms with E-state index in [0.717, 1.165) is 0 Å². The Kier molecular flexibility index (Phi) is 12.1. The maximum Gasteiger partial charge on any atom is 0.269 e. The number of ketones is 2. The first kappa shape index (κ1) is 36.0. The summed E-state index contributed by atoms with van der Waals surface area (Å²) in [5.41, 5.74) is 2.32. The van der Waals surface area contributed by atoms with Gasteiger partial charge in [-0.05, 0) is 71.8 Å². The van der Waals surface area contributed by atoms with Crippen molar-refractivity contribution in [3.05, 3.63) is 153 Å². The summed E-state index contributed by atoms with van der Waals surface area (Å²) in [6.45, 7) is 7.73. The van der Waals surface area contributed by atoms with Gasteiger partial charge < -0.3 is 18.9 Å². The van der Waals surface area contributed by atoms with Gasteiger partial charge in [-0.25, -0.2) is 0 Å². The standard InChI is InChI=1S/C38H32N2O10/c1-5-19-49-37-31(21-25(23-35(37)47-3)7-17-33(41)27-9-13-29(14-10-27)39(43)44)32-22-26(24-36(48-4)38(32)50-20-6-2)8-18-34(42)28-11-15-30(16-12-28)40(45)46/h5-18,21-24H,1-2,19-20H2,3-4H3/b17-7+,18-8+. The van der Waals surface area contributed by atoms with Crippen LogP contribution in [0.3, 0.4) is 0 Å². The number of nitro groups is 2. The van der Waals surface area contributed by atoms with Crippen LogP contribution in [-0.4, -0.2) is 48.8 Å². The van der Waals surface area contributed by atoms with E-state index in [1.165, 1.54) is 74.9 Å². The Morgan fingerprint density at radius 3 is 1.30 bits per heavy atom. The normalized spacial score (nSPS) is 10.8. The zero-order chi connectivity index (χ0) is 36.2. The number of hydrogen-bond acceptors (Lipinski definition) is 10. The molecule has 254 valence electrons. The van der Waals surface area contributed by atoms with Gasteiger partial charge in [0.25, 0.3) is 11.4 Å². The summed E-state index contributed by atoms with van der Waals surface area (Å²) in [5, 5.41) is 22.0. The predicted molar refractivity (Wildman–Crippen MR) is 189 cm³/mol. The van der Waals surface area contributed by atoms with E-state index < -0.39 is 9.85 Å². The molecule has 0 radical (unpaired) electrons. The average Bonchev–Trinajstić information content (AvgIpc) is 3.13. The fraction of sp³-hybridized carbons (Fsp3) is 0.105. The largest absolute Gasteiger partial charge is 0.493 e. The van der Waals surface area contributed by atoms with Gasteiger partial charge in [-0.15, -0.1) is 0 Å². The van der Waals surface area contributed by atoms with Gasteiger partial charge in [-0.3, -0.25) is 29.8 Å². The smallest absolute Gasteiger partial charge is 0.269 e. The fourth-order valence-electron chi connectivity index (χ4n) is 4.76. The highest BCUT2D eigenvalue weighted by Crippen LogP contribution is 2.47. The van der Waals surface area contributed by atoms with Gasteiger partial charge in [-0.2, -0.15) is 0 Å². The number of carbonyl (C=O) groups excluding carboxylic acids is 2. The minimum absolute atomic E-state index is 0.125. The lowest BCUT2D eigenvalue weighted by Crippen LogP contribution is -2.03. The fourth-order valence-corrected chi connectivity index (χ4v) is 4.76. The molecule has 12 heteroatoms. The lowest BCUT2D eigenvalue weighted by molar-refractivity contribution is -0.385. The second kappa shape index (κ2) is 16.8. The molecule has 0 unspecified atom stereocenters. The van der Waals surface area contributed by atoms with Crippen LogP contribution >= 0.6 is 0 Å². The molecule has 0 heterocycles. The highest BCUT2D eigenvalue weighted by molar-refractivity contribution is 6.07. The van der Waals surface area contributed by atoms with Crippen LogP contribution in [0.15, 0.2) is 110 Å². The van der Waals surface area contributed by atoms with Crippen LogP contribution in [0.2, 0.25) is 0 Å². The number of methoxy groups -OCH3 is 2. The van der Waals surface area contributed by atoms with Crippen LogP contribution in [0.4, 0.5) is 11.4 Å². The first-order valence-corrected chi connectivity index (χ1v) is 15.0. The molecule has 0 spiro atoms. The Hall–Kier alpha value is -6.82. The van der Waals surface area contributed by atoms with E-state index in [0.29, 0.717) is 45.3 Å². The van der Waals surface area contributed by atoms with Crippen molar-refractivity contribution in [2.75, 3.05) is 27.4 Å². The molecule has 0 saturated carbocycles. The van der Waals surface area contributed by atoms with E-state index in [2.05, 4.69) is 13.2 Å². The molecule has 0 aliphatic rings. The second-order valence-electron chi connectivity index (χ2n) is 10.4. The number of ether oxygens (including phenoxy) is 4. The highest BCUT2D eigenvalue weighted by Gasteiger charge is 2.22. The van der Waals surface area contributed by atoms with Gasteiger partial charge in [0.05, 0.1) is 24.1 Å². The van der Waals surface area contributed by atoms with E-state index in [-0.39, 0.29) is 47.3 Å². The van der Waals surface area contributed by atoms with Crippen LogP contribution in [0, 0.1) is 20.2 Å². The van der Waals surface area contributed by atoms with Crippen LogP contribution in [0.1, 0.15) is 31.8 Å². The predicted octanol–water partition coefficient (Wildman–Crippen LogP) is 8.11. The topological polar surface area (TPSA) is 157 Å².